The van der Waals surface area contributed by atoms with Crippen molar-refractivity contribution in [3.63, 3.8) is 0 Å². The molecule has 1 atom stereocenters. The highest BCUT2D eigenvalue weighted by Gasteiger charge is 2.35. The molecular formula is C22H26ClN3O3S. The van der Waals surface area contributed by atoms with Crippen LogP contribution in [0.5, 0.6) is 0 Å². The lowest BCUT2D eigenvalue weighted by Gasteiger charge is -2.40. The van der Waals surface area contributed by atoms with E-state index in [1.54, 1.807) is 0 Å². The van der Waals surface area contributed by atoms with Gasteiger partial charge in [0, 0.05) is 50.0 Å². The predicted molar refractivity (Wildman–Crippen MR) is 120 cm³/mol. The van der Waals surface area contributed by atoms with Gasteiger partial charge in [-0.3, -0.25) is 9.69 Å². The third-order valence-corrected chi connectivity index (χ3v) is 7.74. The second-order valence-corrected chi connectivity index (χ2v) is 10.5. The topological polar surface area (TPSA) is 60.9 Å². The van der Waals surface area contributed by atoms with E-state index in [9.17, 15) is 13.2 Å². The number of hydrogen-bond acceptors (Lipinski definition) is 5. The summed E-state index contributed by atoms with van der Waals surface area (Å²) in [7, 11) is -3.01. The van der Waals surface area contributed by atoms with Gasteiger partial charge in [0.15, 0.2) is 9.84 Å². The zero-order chi connectivity index (χ0) is 21.1. The Labute approximate surface area is 182 Å². The summed E-state index contributed by atoms with van der Waals surface area (Å²) in [5, 5.41) is 0.710. The zero-order valence-electron chi connectivity index (χ0n) is 16.8. The quantitative estimate of drug-likeness (QED) is 0.720. The van der Waals surface area contributed by atoms with Crippen LogP contribution in [0.3, 0.4) is 0 Å². The highest BCUT2D eigenvalue weighted by Crippen LogP contribution is 2.27. The van der Waals surface area contributed by atoms with Gasteiger partial charge in [-0.2, -0.15) is 0 Å². The molecule has 0 radical (unpaired) electrons. The molecule has 6 nitrogen and oxygen atoms in total. The Bertz CT molecular complexity index is 960. The van der Waals surface area contributed by atoms with Gasteiger partial charge >= 0.3 is 0 Å². The number of amides is 1. The van der Waals surface area contributed by atoms with Gasteiger partial charge in [0.05, 0.1) is 11.5 Å². The normalized spacial score (nSPS) is 20.7. The molecule has 2 heterocycles. The molecule has 4 rings (SSSR count). The van der Waals surface area contributed by atoms with Crippen LogP contribution in [-0.4, -0.2) is 74.9 Å². The van der Waals surface area contributed by atoms with Crippen LogP contribution >= 0.6 is 11.6 Å². The second kappa shape index (κ2) is 8.96. The molecule has 0 saturated carbocycles. The number of piperazine rings is 1. The number of anilines is 1. The van der Waals surface area contributed by atoms with Crippen LogP contribution in [0.4, 0.5) is 5.69 Å². The summed E-state index contributed by atoms with van der Waals surface area (Å²) in [6.07, 6.45) is 0. The average molecular weight is 448 g/mol. The molecule has 2 aliphatic rings. The number of sulfone groups is 1. The molecule has 2 aromatic carbocycles. The van der Waals surface area contributed by atoms with Crippen molar-refractivity contribution < 1.29 is 13.2 Å². The molecule has 8 heteroatoms. The van der Waals surface area contributed by atoms with E-state index in [-0.39, 0.29) is 17.4 Å². The molecule has 0 N–H and O–H groups in total. The lowest BCUT2D eigenvalue weighted by atomic mass is 10.0. The zero-order valence-corrected chi connectivity index (χ0v) is 18.4. The summed E-state index contributed by atoms with van der Waals surface area (Å²) < 4.78 is 23.8. The highest BCUT2D eigenvalue weighted by molar-refractivity contribution is 7.91. The number of carbonyl (C=O) groups excluding carboxylic acids is 1. The number of carbonyl (C=O) groups is 1. The summed E-state index contributed by atoms with van der Waals surface area (Å²) in [4.78, 5) is 19.7. The first kappa shape index (κ1) is 21.2. The van der Waals surface area contributed by atoms with Crippen molar-refractivity contribution in [2.45, 2.75) is 6.04 Å². The first-order valence-electron chi connectivity index (χ1n) is 10.2. The predicted octanol–water partition coefficient (Wildman–Crippen LogP) is 2.46. The Balaban J connectivity index is 1.48. The molecule has 1 unspecified atom stereocenters. The third kappa shape index (κ3) is 4.79. The van der Waals surface area contributed by atoms with Crippen LogP contribution in [0.25, 0.3) is 0 Å². The minimum atomic E-state index is -3.01. The van der Waals surface area contributed by atoms with E-state index in [1.807, 2.05) is 64.4 Å². The highest BCUT2D eigenvalue weighted by atomic mass is 35.5. The van der Waals surface area contributed by atoms with Crippen LogP contribution in [0.2, 0.25) is 5.02 Å². The molecule has 0 aliphatic carbocycles. The maximum absolute atomic E-state index is 13.5. The van der Waals surface area contributed by atoms with Crippen LogP contribution in [0.1, 0.15) is 11.6 Å². The first-order chi connectivity index (χ1) is 14.4. The molecule has 30 heavy (non-hydrogen) atoms. The van der Waals surface area contributed by atoms with Crippen molar-refractivity contribution in [3.05, 3.63) is 65.2 Å². The SMILES string of the molecule is O=C(C(c1ccccc1)N1CCS(=O)(=O)CC1)N1CCN(c2ccc(Cl)cc2)CC1. The minimum absolute atomic E-state index is 0.0521. The fraction of sp³-hybridized carbons (Fsp3) is 0.409. The number of hydrogen-bond donors (Lipinski definition) is 0. The summed E-state index contributed by atoms with van der Waals surface area (Å²) in [6, 6.07) is 17.0. The molecule has 1 amide bonds. The fourth-order valence-electron chi connectivity index (χ4n) is 4.14. The summed E-state index contributed by atoms with van der Waals surface area (Å²) in [6.45, 7) is 3.55. The Morgan fingerprint density at radius 2 is 1.43 bits per heavy atom. The van der Waals surface area contributed by atoms with Crippen LogP contribution in [0.15, 0.2) is 54.6 Å². The van der Waals surface area contributed by atoms with E-state index in [1.165, 1.54) is 0 Å². The molecule has 0 aromatic heterocycles. The molecule has 2 aliphatic heterocycles. The van der Waals surface area contributed by atoms with Crippen LogP contribution in [0, 0.1) is 0 Å². The van der Waals surface area contributed by atoms with Crippen LogP contribution in [-0.2, 0) is 14.6 Å². The first-order valence-corrected chi connectivity index (χ1v) is 12.4. The van der Waals surface area contributed by atoms with Crippen molar-refractivity contribution in [1.29, 1.82) is 0 Å². The van der Waals surface area contributed by atoms with E-state index in [0.717, 1.165) is 24.3 Å². The van der Waals surface area contributed by atoms with E-state index in [2.05, 4.69) is 4.90 Å². The van der Waals surface area contributed by atoms with Crippen molar-refractivity contribution in [2.24, 2.45) is 0 Å². The number of rotatable bonds is 4. The van der Waals surface area contributed by atoms with E-state index in [4.69, 9.17) is 11.6 Å². The molecule has 2 fully saturated rings. The van der Waals surface area contributed by atoms with Gasteiger partial charge in [0.1, 0.15) is 6.04 Å². The molecule has 0 bridgehead atoms. The molecule has 2 aromatic rings. The maximum Gasteiger partial charge on any atom is 0.244 e. The fourth-order valence-corrected chi connectivity index (χ4v) is 5.50. The molecular weight excluding hydrogens is 422 g/mol. The third-order valence-electron chi connectivity index (χ3n) is 5.88. The van der Waals surface area contributed by atoms with Gasteiger partial charge in [0.2, 0.25) is 5.91 Å². The summed E-state index contributed by atoms with van der Waals surface area (Å²) in [5.41, 5.74) is 2.02. The monoisotopic (exact) mass is 447 g/mol. The second-order valence-electron chi connectivity index (χ2n) is 7.79. The Hall–Kier alpha value is -2.09. The van der Waals surface area contributed by atoms with Crippen molar-refractivity contribution in [3.8, 4) is 0 Å². The van der Waals surface area contributed by atoms with Crippen LogP contribution < -0.4 is 4.90 Å². The van der Waals surface area contributed by atoms with Gasteiger partial charge in [0.25, 0.3) is 0 Å². The van der Waals surface area contributed by atoms with Gasteiger partial charge in [-0.05, 0) is 29.8 Å². The lowest BCUT2D eigenvalue weighted by molar-refractivity contribution is -0.137. The van der Waals surface area contributed by atoms with Crippen molar-refractivity contribution in [1.82, 2.24) is 9.80 Å². The van der Waals surface area contributed by atoms with Gasteiger partial charge in [-0.25, -0.2) is 8.42 Å². The average Bonchev–Trinajstić information content (AvgIpc) is 2.76. The lowest BCUT2D eigenvalue weighted by Crippen LogP contribution is -2.54. The van der Waals surface area contributed by atoms with E-state index < -0.39 is 15.9 Å². The smallest absolute Gasteiger partial charge is 0.244 e. The summed E-state index contributed by atoms with van der Waals surface area (Å²) in [5.74, 6) is 0.262. The number of benzene rings is 2. The summed E-state index contributed by atoms with van der Waals surface area (Å²) >= 11 is 5.99. The van der Waals surface area contributed by atoms with E-state index >= 15 is 0 Å². The van der Waals surface area contributed by atoms with Crippen molar-refractivity contribution in [2.75, 3.05) is 55.7 Å². The molecule has 0 spiro atoms. The van der Waals surface area contributed by atoms with Gasteiger partial charge in [-0.1, -0.05) is 41.9 Å². The minimum Gasteiger partial charge on any atom is -0.368 e. The Morgan fingerprint density at radius 3 is 2.03 bits per heavy atom. The van der Waals surface area contributed by atoms with Gasteiger partial charge in [-0.15, -0.1) is 0 Å². The van der Waals surface area contributed by atoms with Gasteiger partial charge < -0.3 is 9.80 Å². The van der Waals surface area contributed by atoms with E-state index in [0.29, 0.717) is 31.2 Å². The Morgan fingerprint density at radius 1 is 0.833 bits per heavy atom. The van der Waals surface area contributed by atoms with Crippen molar-refractivity contribution >= 4 is 33.0 Å². The maximum atomic E-state index is 13.5. The number of nitrogens with zero attached hydrogens (tertiary/aromatic N) is 3. The standard InChI is InChI=1S/C22H26ClN3O3S/c23-19-6-8-20(9-7-19)24-10-12-26(13-11-24)22(27)21(18-4-2-1-3-5-18)25-14-16-30(28,29)17-15-25/h1-9,21H,10-17H2. The molecule has 2 saturated heterocycles. The Kier molecular flexibility index (Phi) is 6.32. The molecule has 160 valence electrons. The largest absolute Gasteiger partial charge is 0.368 e. The number of halogens is 1.